The summed E-state index contributed by atoms with van der Waals surface area (Å²) in [5, 5.41) is 4.78. The maximum Gasteiger partial charge on any atom is 0.322 e. The third-order valence-corrected chi connectivity index (χ3v) is 3.55. The quantitative estimate of drug-likeness (QED) is 0.519. The SMILES string of the molecule is COCCC(N)C(=O)N1CCC2(C1)NC(=O)NC2=O. The van der Waals surface area contributed by atoms with Gasteiger partial charge in [-0.3, -0.25) is 14.9 Å². The van der Waals surface area contributed by atoms with Gasteiger partial charge in [0, 0.05) is 20.3 Å². The lowest BCUT2D eigenvalue weighted by atomic mass is 9.99. The van der Waals surface area contributed by atoms with Gasteiger partial charge in [-0.25, -0.2) is 4.79 Å². The minimum absolute atomic E-state index is 0.171. The summed E-state index contributed by atoms with van der Waals surface area (Å²) in [6.45, 7) is 0.987. The zero-order chi connectivity index (χ0) is 14.0. The number of likely N-dealkylation sites (tertiary alicyclic amines) is 1. The van der Waals surface area contributed by atoms with E-state index < -0.39 is 17.6 Å². The van der Waals surface area contributed by atoms with Gasteiger partial charge in [0.25, 0.3) is 5.91 Å². The van der Waals surface area contributed by atoms with Crippen LogP contribution in [0.4, 0.5) is 4.79 Å². The van der Waals surface area contributed by atoms with Gasteiger partial charge in [-0.2, -0.15) is 0 Å². The molecule has 0 aromatic heterocycles. The van der Waals surface area contributed by atoms with E-state index in [0.29, 0.717) is 26.0 Å². The van der Waals surface area contributed by atoms with Crippen LogP contribution in [0.2, 0.25) is 0 Å². The topological polar surface area (TPSA) is 114 Å². The molecule has 2 fully saturated rings. The summed E-state index contributed by atoms with van der Waals surface area (Å²) >= 11 is 0. The summed E-state index contributed by atoms with van der Waals surface area (Å²) in [6, 6.07) is -1.15. The van der Waals surface area contributed by atoms with E-state index in [1.807, 2.05) is 0 Å². The van der Waals surface area contributed by atoms with Gasteiger partial charge in [0.1, 0.15) is 5.54 Å². The van der Waals surface area contributed by atoms with Crippen molar-refractivity contribution in [2.45, 2.75) is 24.4 Å². The molecular weight excluding hydrogens is 252 g/mol. The fourth-order valence-corrected chi connectivity index (χ4v) is 2.42. The first kappa shape index (κ1) is 13.8. The predicted molar refractivity (Wildman–Crippen MR) is 65.1 cm³/mol. The highest BCUT2D eigenvalue weighted by Crippen LogP contribution is 2.25. The third-order valence-electron chi connectivity index (χ3n) is 3.55. The number of hydrogen-bond acceptors (Lipinski definition) is 5. The number of carbonyl (C=O) groups is 3. The molecule has 8 heteroatoms. The Bertz CT molecular complexity index is 413. The second kappa shape index (κ2) is 5.14. The Labute approximate surface area is 110 Å². The van der Waals surface area contributed by atoms with Crippen molar-refractivity contribution in [3.63, 3.8) is 0 Å². The van der Waals surface area contributed by atoms with Crippen molar-refractivity contribution < 1.29 is 19.1 Å². The van der Waals surface area contributed by atoms with Crippen molar-refractivity contribution in [2.75, 3.05) is 26.8 Å². The van der Waals surface area contributed by atoms with Crippen molar-refractivity contribution in [3.05, 3.63) is 0 Å². The van der Waals surface area contributed by atoms with Crippen LogP contribution in [0.1, 0.15) is 12.8 Å². The first-order chi connectivity index (χ1) is 8.98. The molecule has 2 atom stereocenters. The summed E-state index contributed by atoms with van der Waals surface area (Å²) in [6.07, 6.45) is 0.838. The molecule has 2 saturated heterocycles. The predicted octanol–water partition coefficient (Wildman–Crippen LogP) is -1.84. The molecule has 2 rings (SSSR count). The number of carbonyl (C=O) groups excluding carboxylic acids is 3. The van der Waals surface area contributed by atoms with E-state index >= 15 is 0 Å². The molecule has 4 N–H and O–H groups in total. The lowest BCUT2D eigenvalue weighted by Gasteiger charge is -2.23. The third kappa shape index (κ3) is 2.54. The number of imide groups is 1. The van der Waals surface area contributed by atoms with Crippen molar-refractivity contribution in [3.8, 4) is 0 Å². The summed E-state index contributed by atoms with van der Waals surface area (Å²) < 4.78 is 4.88. The van der Waals surface area contributed by atoms with Crippen LogP contribution in [-0.4, -0.2) is 61.1 Å². The number of methoxy groups -OCH3 is 1. The second-order valence-corrected chi connectivity index (χ2v) is 4.89. The molecule has 1 spiro atoms. The number of nitrogens with zero attached hydrogens (tertiary/aromatic N) is 1. The highest BCUT2D eigenvalue weighted by atomic mass is 16.5. The molecule has 2 aliphatic rings. The summed E-state index contributed by atoms with van der Waals surface area (Å²) in [5.74, 6) is -0.596. The number of nitrogens with one attached hydrogen (secondary N) is 2. The van der Waals surface area contributed by atoms with Crippen LogP contribution < -0.4 is 16.4 Å². The molecule has 0 aliphatic carbocycles. The van der Waals surface area contributed by atoms with E-state index in [2.05, 4.69) is 10.6 Å². The van der Waals surface area contributed by atoms with E-state index in [4.69, 9.17) is 10.5 Å². The van der Waals surface area contributed by atoms with Gasteiger partial charge in [-0.1, -0.05) is 0 Å². The normalized spacial score (nSPS) is 27.6. The lowest BCUT2D eigenvalue weighted by molar-refractivity contribution is -0.132. The maximum absolute atomic E-state index is 12.1. The molecule has 8 nitrogen and oxygen atoms in total. The smallest absolute Gasteiger partial charge is 0.322 e. The minimum atomic E-state index is -0.978. The molecule has 19 heavy (non-hydrogen) atoms. The van der Waals surface area contributed by atoms with Crippen molar-refractivity contribution in [1.29, 1.82) is 0 Å². The highest BCUT2D eigenvalue weighted by molar-refractivity contribution is 6.07. The zero-order valence-corrected chi connectivity index (χ0v) is 10.8. The van der Waals surface area contributed by atoms with Crippen LogP contribution >= 0.6 is 0 Å². The molecule has 4 amide bonds. The van der Waals surface area contributed by atoms with Gasteiger partial charge >= 0.3 is 6.03 Å². The first-order valence-corrected chi connectivity index (χ1v) is 6.15. The molecule has 0 aromatic carbocycles. The molecular formula is C11H18N4O4. The van der Waals surface area contributed by atoms with E-state index in [1.54, 1.807) is 7.11 Å². The van der Waals surface area contributed by atoms with Gasteiger partial charge in [0.2, 0.25) is 5.91 Å². The fraction of sp³-hybridized carbons (Fsp3) is 0.727. The average molecular weight is 270 g/mol. The lowest BCUT2D eigenvalue weighted by Crippen LogP contribution is -2.51. The molecule has 0 saturated carbocycles. The summed E-state index contributed by atoms with van der Waals surface area (Å²) in [7, 11) is 1.54. The largest absolute Gasteiger partial charge is 0.385 e. The maximum atomic E-state index is 12.1. The van der Waals surface area contributed by atoms with Gasteiger partial charge < -0.3 is 20.7 Å². The standard InChI is InChI=1S/C11H18N4O4/c1-19-5-2-7(12)8(16)15-4-3-11(6-15)9(17)13-10(18)14-11/h7H,2-6,12H2,1H3,(H2,13,14,17,18). The van der Waals surface area contributed by atoms with Crippen LogP contribution in [0.5, 0.6) is 0 Å². The number of nitrogens with two attached hydrogens (primary N) is 1. The monoisotopic (exact) mass is 270 g/mol. The van der Waals surface area contributed by atoms with Crippen LogP contribution in [0.15, 0.2) is 0 Å². The molecule has 2 aliphatic heterocycles. The Morgan fingerprint density at radius 2 is 2.32 bits per heavy atom. The first-order valence-electron chi connectivity index (χ1n) is 6.15. The number of rotatable bonds is 4. The van der Waals surface area contributed by atoms with Crippen molar-refractivity contribution >= 4 is 17.8 Å². The molecule has 0 radical (unpaired) electrons. The van der Waals surface area contributed by atoms with Crippen LogP contribution in [0.3, 0.4) is 0 Å². The zero-order valence-electron chi connectivity index (χ0n) is 10.8. The fourth-order valence-electron chi connectivity index (χ4n) is 2.42. The van der Waals surface area contributed by atoms with Crippen molar-refractivity contribution in [1.82, 2.24) is 15.5 Å². The molecule has 106 valence electrons. The van der Waals surface area contributed by atoms with Crippen molar-refractivity contribution in [2.24, 2.45) is 5.73 Å². The molecule has 2 heterocycles. The second-order valence-electron chi connectivity index (χ2n) is 4.89. The van der Waals surface area contributed by atoms with Gasteiger partial charge in [-0.05, 0) is 12.8 Å². The molecule has 0 bridgehead atoms. The average Bonchev–Trinajstić information content (AvgIpc) is 2.91. The summed E-state index contributed by atoms with van der Waals surface area (Å²) in [4.78, 5) is 36.5. The number of hydrogen-bond donors (Lipinski definition) is 3. The van der Waals surface area contributed by atoms with E-state index in [0.717, 1.165) is 0 Å². The minimum Gasteiger partial charge on any atom is -0.385 e. The Hall–Kier alpha value is -1.67. The van der Waals surface area contributed by atoms with Crippen LogP contribution in [0, 0.1) is 0 Å². The Kier molecular flexibility index (Phi) is 3.72. The van der Waals surface area contributed by atoms with Gasteiger partial charge in [0.15, 0.2) is 0 Å². The number of amides is 4. The van der Waals surface area contributed by atoms with E-state index in [1.165, 1.54) is 4.90 Å². The Balaban J connectivity index is 1.96. The van der Waals surface area contributed by atoms with Gasteiger partial charge in [-0.15, -0.1) is 0 Å². The van der Waals surface area contributed by atoms with Gasteiger partial charge in [0.05, 0.1) is 12.6 Å². The number of ether oxygens (including phenoxy) is 1. The Morgan fingerprint density at radius 3 is 2.89 bits per heavy atom. The highest BCUT2D eigenvalue weighted by Gasteiger charge is 2.51. The van der Waals surface area contributed by atoms with Crippen LogP contribution in [0.25, 0.3) is 0 Å². The molecule has 2 unspecified atom stereocenters. The molecule has 0 aromatic rings. The number of urea groups is 1. The summed E-state index contributed by atoms with van der Waals surface area (Å²) in [5.41, 5.74) is 4.79. The van der Waals surface area contributed by atoms with Crippen LogP contribution in [-0.2, 0) is 14.3 Å². The van der Waals surface area contributed by atoms with E-state index in [9.17, 15) is 14.4 Å². The van der Waals surface area contributed by atoms with E-state index in [-0.39, 0.29) is 18.4 Å². The Morgan fingerprint density at radius 1 is 1.58 bits per heavy atom.